The van der Waals surface area contributed by atoms with Crippen molar-refractivity contribution in [2.24, 2.45) is 0 Å². The van der Waals surface area contributed by atoms with Crippen LogP contribution in [-0.4, -0.2) is 43.9 Å². The molecule has 2 N–H and O–H groups in total. The summed E-state index contributed by atoms with van der Waals surface area (Å²) in [5.74, 6) is -1.73. The van der Waals surface area contributed by atoms with Crippen LogP contribution < -0.4 is 10.6 Å². The number of benzene rings is 1. The summed E-state index contributed by atoms with van der Waals surface area (Å²) in [5.41, 5.74) is 0.479. The van der Waals surface area contributed by atoms with Crippen LogP contribution in [0.5, 0.6) is 0 Å². The van der Waals surface area contributed by atoms with Crippen LogP contribution >= 0.6 is 0 Å². The highest BCUT2D eigenvalue weighted by Crippen LogP contribution is 2.16. The van der Waals surface area contributed by atoms with Gasteiger partial charge in [-0.25, -0.2) is 0 Å². The molecule has 0 atom stereocenters. The minimum atomic E-state index is -4.55. The Hall–Kier alpha value is -2.30. The molecule has 0 heterocycles. The lowest BCUT2D eigenvalue weighted by Crippen LogP contribution is -2.40. The second-order valence-corrected chi connectivity index (χ2v) is 4.88. The minimum absolute atomic E-state index is 0.0863. The summed E-state index contributed by atoms with van der Waals surface area (Å²) in [6, 6.07) is 5.29. The standard InChI is InChI=1S/C14H14F6N2O3/c15-13(16,17)7-22-11(23)5-21-12(24)10-3-1-9(2-4-10)6-25-8-14(18,19)20/h1-4H,5-8H2,(H,21,24)(H,22,23). The van der Waals surface area contributed by atoms with Crippen LogP contribution in [0.1, 0.15) is 15.9 Å². The molecule has 0 radical (unpaired) electrons. The predicted octanol–water partition coefficient (Wildman–Crippen LogP) is 2.17. The summed E-state index contributed by atoms with van der Waals surface area (Å²) >= 11 is 0. The van der Waals surface area contributed by atoms with Gasteiger partial charge in [0.15, 0.2) is 0 Å². The van der Waals surface area contributed by atoms with E-state index in [1.807, 2.05) is 0 Å². The predicted molar refractivity (Wildman–Crippen MR) is 73.6 cm³/mol. The Labute approximate surface area is 138 Å². The molecule has 1 aromatic carbocycles. The highest BCUT2D eigenvalue weighted by atomic mass is 19.4. The van der Waals surface area contributed by atoms with Crippen molar-refractivity contribution in [3.63, 3.8) is 0 Å². The average Bonchev–Trinajstić information content (AvgIpc) is 2.49. The Bertz CT molecular complexity index is 584. The first-order valence-corrected chi connectivity index (χ1v) is 6.81. The van der Waals surface area contributed by atoms with Gasteiger partial charge >= 0.3 is 12.4 Å². The van der Waals surface area contributed by atoms with Gasteiger partial charge in [0.25, 0.3) is 5.91 Å². The van der Waals surface area contributed by atoms with Gasteiger partial charge in [0.1, 0.15) is 13.2 Å². The number of alkyl halides is 6. The Balaban J connectivity index is 2.40. The third-order valence-corrected chi connectivity index (χ3v) is 2.65. The van der Waals surface area contributed by atoms with E-state index in [-0.39, 0.29) is 12.2 Å². The van der Waals surface area contributed by atoms with Crippen molar-refractivity contribution in [2.45, 2.75) is 19.0 Å². The SMILES string of the molecule is O=C(CNC(=O)c1ccc(COCC(F)(F)F)cc1)NCC(F)(F)F. The molecule has 0 aliphatic heterocycles. The zero-order valence-corrected chi connectivity index (χ0v) is 12.6. The van der Waals surface area contributed by atoms with Crippen LogP contribution in [0.25, 0.3) is 0 Å². The van der Waals surface area contributed by atoms with Gasteiger partial charge in [0, 0.05) is 5.56 Å². The maximum Gasteiger partial charge on any atom is 0.411 e. The average molecular weight is 372 g/mol. The Morgan fingerprint density at radius 2 is 1.52 bits per heavy atom. The fourth-order valence-corrected chi connectivity index (χ4v) is 1.56. The van der Waals surface area contributed by atoms with Crippen molar-refractivity contribution in [1.29, 1.82) is 0 Å². The molecule has 1 aromatic rings. The summed E-state index contributed by atoms with van der Waals surface area (Å²) in [7, 11) is 0. The van der Waals surface area contributed by atoms with Crippen molar-refractivity contribution >= 4 is 11.8 Å². The van der Waals surface area contributed by atoms with E-state index in [2.05, 4.69) is 10.1 Å². The highest BCUT2D eigenvalue weighted by Gasteiger charge is 2.28. The quantitative estimate of drug-likeness (QED) is 0.721. The Morgan fingerprint density at radius 3 is 2.04 bits per heavy atom. The van der Waals surface area contributed by atoms with Gasteiger partial charge < -0.3 is 15.4 Å². The number of halogens is 6. The lowest BCUT2D eigenvalue weighted by atomic mass is 10.1. The maximum atomic E-state index is 11.9. The number of rotatable bonds is 7. The second kappa shape index (κ2) is 8.70. The second-order valence-electron chi connectivity index (χ2n) is 4.88. The van der Waals surface area contributed by atoms with Gasteiger partial charge in [-0.05, 0) is 17.7 Å². The van der Waals surface area contributed by atoms with Crippen molar-refractivity contribution in [3.05, 3.63) is 35.4 Å². The fourth-order valence-electron chi connectivity index (χ4n) is 1.56. The van der Waals surface area contributed by atoms with E-state index in [0.29, 0.717) is 5.56 Å². The van der Waals surface area contributed by atoms with Crippen molar-refractivity contribution in [3.8, 4) is 0 Å². The Kier molecular flexibility index (Phi) is 7.22. The highest BCUT2D eigenvalue weighted by molar-refractivity contribution is 5.96. The smallest absolute Gasteiger partial charge is 0.367 e. The molecule has 25 heavy (non-hydrogen) atoms. The first kappa shape index (κ1) is 20.7. The van der Waals surface area contributed by atoms with Crippen molar-refractivity contribution in [1.82, 2.24) is 10.6 Å². The van der Waals surface area contributed by atoms with Crippen molar-refractivity contribution < 1.29 is 40.7 Å². The summed E-state index contributed by atoms with van der Waals surface area (Å²) in [5, 5.41) is 3.71. The lowest BCUT2D eigenvalue weighted by Gasteiger charge is -2.10. The van der Waals surface area contributed by atoms with Crippen LogP contribution in [0.2, 0.25) is 0 Å². The topological polar surface area (TPSA) is 67.4 Å². The van der Waals surface area contributed by atoms with Gasteiger partial charge in [-0.2, -0.15) is 26.3 Å². The number of carbonyl (C=O) groups excluding carboxylic acids is 2. The number of ether oxygens (including phenoxy) is 1. The number of nitrogens with one attached hydrogen (secondary N) is 2. The monoisotopic (exact) mass is 372 g/mol. The van der Waals surface area contributed by atoms with Gasteiger partial charge in [0.05, 0.1) is 13.2 Å². The molecule has 0 saturated carbocycles. The molecular weight excluding hydrogens is 358 g/mol. The van der Waals surface area contributed by atoms with Gasteiger partial charge in [-0.3, -0.25) is 9.59 Å². The number of amides is 2. The first-order chi connectivity index (χ1) is 11.5. The van der Waals surface area contributed by atoms with Crippen LogP contribution in [0.3, 0.4) is 0 Å². The van der Waals surface area contributed by atoms with E-state index < -0.39 is 43.9 Å². The molecule has 0 aliphatic carbocycles. The van der Waals surface area contributed by atoms with Crippen LogP contribution in [0, 0.1) is 0 Å². The normalized spacial score (nSPS) is 11.9. The zero-order chi connectivity index (χ0) is 19.1. The van der Waals surface area contributed by atoms with E-state index in [1.54, 1.807) is 5.32 Å². The molecule has 1 rings (SSSR count). The van der Waals surface area contributed by atoms with Crippen LogP contribution in [0.15, 0.2) is 24.3 Å². The summed E-state index contributed by atoms with van der Waals surface area (Å²) in [4.78, 5) is 22.9. The van der Waals surface area contributed by atoms with Crippen LogP contribution in [-0.2, 0) is 16.1 Å². The molecule has 0 aromatic heterocycles. The molecule has 0 spiro atoms. The maximum absolute atomic E-state index is 11.9. The van der Waals surface area contributed by atoms with E-state index >= 15 is 0 Å². The van der Waals surface area contributed by atoms with E-state index in [4.69, 9.17) is 0 Å². The number of carbonyl (C=O) groups is 2. The van der Waals surface area contributed by atoms with Gasteiger partial charge in [-0.1, -0.05) is 12.1 Å². The summed E-state index contributed by atoms with van der Waals surface area (Å²) < 4.78 is 75.9. The van der Waals surface area contributed by atoms with Gasteiger partial charge in [0.2, 0.25) is 5.91 Å². The lowest BCUT2D eigenvalue weighted by molar-refractivity contribution is -0.176. The van der Waals surface area contributed by atoms with Crippen molar-refractivity contribution in [2.75, 3.05) is 19.7 Å². The molecule has 11 heteroatoms. The fraction of sp³-hybridized carbons (Fsp3) is 0.429. The van der Waals surface area contributed by atoms with Crippen LogP contribution in [0.4, 0.5) is 26.3 Å². The third kappa shape index (κ3) is 9.55. The summed E-state index contributed by atoms with van der Waals surface area (Å²) in [6.45, 7) is -3.86. The summed E-state index contributed by atoms with van der Waals surface area (Å²) in [6.07, 6.45) is -8.99. The first-order valence-electron chi connectivity index (χ1n) is 6.81. The molecule has 2 amide bonds. The number of hydrogen-bond acceptors (Lipinski definition) is 3. The molecule has 140 valence electrons. The van der Waals surface area contributed by atoms with E-state index in [1.165, 1.54) is 24.3 Å². The van der Waals surface area contributed by atoms with Gasteiger partial charge in [-0.15, -0.1) is 0 Å². The molecule has 5 nitrogen and oxygen atoms in total. The molecule has 0 fully saturated rings. The molecular formula is C14H14F6N2O3. The Morgan fingerprint density at radius 1 is 0.920 bits per heavy atom. The van der Waals surface area contributed by atoms with E-state index in [9.17, 15) is 35.9 Å². The molecule has 0 aliphatic rings. The molecule has 0 saturated heterocycles. The zero-order valence-electron chi connectivity index (χ0n) is 12.6. The molecule has 0 bridgehead atoms. The molecule has 0 unspecified atom stereocenters. The third-order valence-electron chi connectivity index (χ3n) is 2.65. The van der Waals surface area contributed by atoms with E-state index in [0.717, 1.165) is 0 Å². The largest absolute Gasteiger partial charge is 0.411 e. The number of hydrogen-bond donors (Lipinski definition) is 2. The minimum Gasteiger partial charge on any atom is -0.367 e.